The molecule has 0 fully saturated rings. The summed E-state index contributed by atoms with van der Waals surface area (Å²) in [4.78, 5) is 10.3. The van der Waals surface area contributed by atoms with Crippen LogP contribution >= 0.6 is 11.6 Å². The van der Waals surface area contributed by atoms with Gasteiger partial charge in [-0.25, -0.2) is 0 Å². The standard InChI is InChI=1S/C11H9ClN2O2/c1-7-4-3-5-9(14(15)16)10(7)11(12)8(2)6-13/h3-5H,1-2H3. The molecule has 0 heterocycles. The summed E-state index contributed by atoms with van der Waals surface area (Å²) in [6.45, 7) is 3.24. The molecule has 0 bridgehead atoms. The van der Waals surface area contributed by atoms with Crippen molar-refractivity contribution < 1.29 is 4.92 Å². The van der Waals surface area contributed by atoms with E-state index in [1.807, 2.05) is 6.07 Å². The Morgan fingerprint density at radius 3 is 2.69 bits per heavy atom. The molecule has 0 aliphatic carbocycles. The summed E-state index contributed by atoms with van der Waals surface area (Å²) < 4.78 is 0. The molecule has 0 amide bonds. The molecular weight excluding hydrogens is 228 g/mol. The molecule has 0 N–H and O–H groups in total. The SMILES string of the molecule is CC(C#N)=C(Cl)c1c(C)cccc1[N+](=O)[O-]. The van der Waals surface area contributed by atoms with Gasteiger partial charge >= 0.3 is 0 Å². The Morgan fingerprint density at radius 1 is 1.56 bits per heavy atom. The molecule has 0 spiro atoms. The Labute approximate surface area is 97.9 Å². The quantitative estimate of drug-likeness (QED) is 0.449. The van der Waals surface area contributed by atoms with Crippen molar-refractivity contribution in [1.29, 1.82) is 5.26 Å². The van der Waals surface area contributed by atoms with Crippen LogP contribution in [0.25, 0.3) is 5.03 Å². The normalized spacial score (nSPS) is 11.6. The van der Waals surface area contributed by atoms with E-state index in [2.05, 4.69) is 0 Å². The molecule has 1 rings (SSSR count). The van der Waals surface area contributed by atoms with Gasteiger partial charge in [0.05, 0.1) is 21.6 Å². The maximum atomic E-state index is 10.8. The summed E-state index contributed by atoms with van der Waals surface area (Å²) in [7, 11) is 0. The Hall–Kier alpha value is -1.86. The van der Waals surface area contributed by atoms with Crippen LogP contribution in [0.15, 0.2) is 23.8 Å². The highest BCUT2D eigenvalue weighted by Gasteiger charge is 2.19. The van der Waals surface area contributed by atoms with Crippen LogP contribution in [0.3, 0.4) is 0 Å². The number of nitro groups is 1. The minimum atomic E-state index is -0.505. The third-order valence-corrected chi connectivity index (χ3v) is 2.64. The molecule has 0 aromatic heterocycles. The molecule has 82 valence electrons. The summed E-state index contributed by atoms with van der Waals surface area (Å²) in [5, 5.41) is 19.7. The van der Waals surface area contributed by atoms with E-state index in [0.29, 0.717) is 11.1 Å². The average molecular weight is 237 g/mol. The molecule has 16 heavy (non-hydrogen) atoms. The van der Waals surface area contributed by atoms with Gasteiger partial charge in [-0.15, -0.1) is 0 Å². The molecule has 0 aliphatic heterocycles. The van der Waals surface area contributed by atoms with E-state index >= 15 is 0 Å². The minimum absolute atomic E-state index is 0.0837. The Bertz CT molecular complexity index is 515. The molecule has 0 atom stereocenters. The van der Waals surface area contributed by atoms with Crippen LogP contribution in [0.2, 0.25) is 0 Å². The van der Waals surface area contributed by atoms with Gasteiger partial charge in [-0.05, 0) is 19.4 Å². The van der Waals surface area contributed by atoms with E-state index < -0.39 is 4.92 Å². The van der Waals surface area contributed by atoms with Gasteiger partial charge in [-0.2, -0.15) is 5.26 Å². The van der Waals surface area contributed by atoms with Crippen molar-refractivity contribution in [2.75, 3.05) is 0 Å². The predicted octanol–water partition coefficient (Wildman–Crippen LogP) is 3.40. The molecular formula is C11H9ClN2O2. The second-order valence-electron chi connectivity index (χ2n) is 3.28. The van der Waals surface area contributed by atoms with Crippen LogP contribution in [-0.4, -0.2) is 4.92 Å². The summed E-state index contributed by atoms with van der Waals surface area (Å²) >= 11 is 5.96. The highest BCUT2D eigenvalue weighted by atomic mass is 35.5. The van der Waals surface area contributed by atoms with Crippen molar-refractivity contribution in [3.8, 4) is 6.07 Å². The Kier molecular flexibility index (Phi) is 3.64. The number of hydrogen-bond donors (Lipinski definition) is 0. The van der Waals surface area contributed by atoms with Crippen molar-refractivity contribution in [2.24, 2.45) is 0 Å². The minimum Gasteiger partial charge on any atom is -0.258 e. The van der Waals surface area contributed by atoms with E-state index in [-0.39, 0.29) is 16.3 Å². The molecule has 5 heteroatoms. The van der Waals surface area contributed by atoms with Crippen molar-refractivity contribution in [2.45, 2.75) is 13.8 Å². The fourth-order valence-corrected chi connectivity index (χ4v) is 1.61. The molecule has 1 aromatic rings. The van der Waals surface area contributed by atoms with E-state index in [4.69, 9.17) is 16.9 Å². The van der Waals surface area contributed by atoms with Crippen LogP contribution in [0.1, 0.15) is 18.1 Å². The topological polar surface area (TPSA) is 66.9 Å². The third-order valence-electron chi connectivity index (χ3n) is 2.16. The number of nitro benzene ring substituents is 1. The van der Waals surface area contributed by atoms with E-state index in [1.165, 1.54) is 13.0 Å². The summed E-state index contributed by atoms with van der Waals surface area (Å²) in [6, 6.07) is 6.56. The zero-order valence-electron chi connectivity index (χ0n) is 8.82. The first-order valence-electron chi connectivity index (χ1n) is 4.50. The lowest BCUT2D eigenvalue weighted by Crippen LogP contribution is -1.96. The van der Waals surface area contributed by atoms with E-state index in [1.54, 1.807) is 19.1 Å². The highest BCUT2D eigenvalue weighted by Crippen LogP contribution is 2.33. The molecule has 1 aromatic carbocycles. The third kappa shape index (κ3) is 2.20. The van der Waals surface area contributed by atoms with Crippen LogP contribution in [0, 0.1) is 28.4 Å². The lowest BCUT2D eigenvalue weighted by Gasteiger charge is -2.05. The monoisotopic (exact) mass is 236 g/mol. The fourth-order valence-electron chi connectivity index (χ4n) is 1.33. The van der Waals surface area contributed by atoms with Crippen LogP contribution in [0.4, 0.5) is 5.69 Å². The largest absolute Gasteiger partial charge is 0.278 e. The van der Waals surface area contributed by atoms with E-state index in [9.17, 15) is 10.1 Å². The van der Waals surface area contributed by atoms with Crippen LogP contribution in [0.5, 0.6) is 0 Å². The molecule has 0 aliphatic rings. The van der Waals surface area contributed by atoms with Crippen molar-refractivity contribution in [1.82, 2.24) is 0 Å². The molecule has 0 saturated heterocycles. The van der Waals surface area contributed by atoms with E-state index in [0.717, 1.165) is 0 Å². The van der Waals surface area contributed by atoms with Crippen molar-refractivity contribution in [3.63, 3.8) is 0 Å². The van der Waals surface area contributed by atoms with Gasteiger partial charge in [0.1, 0.15) is 0 Å². The molecule has 0 saturated carbocycles. The number of benzene rings is 1. The first-order chi connectivity index (χ1) is 7.49. The second kappa shape index (κ2) is 4.77. The predicted molar refractivity (Wildman–Crippen MR) is 61.9 cm³/mol. The van der Waals surface area contributed by atoms with Crippen LogP contribution in [-0.2, 0) is 0 Å². The molecule has 4 nitrogen and oxygen atoms in total. The van der Waals surface area contributed by atoms with Gasteiger partial charge in [0.25, 0.3) is 5.69 Å². The number of nitriles is 1. The van der Waals surface area contributed by atoms with Gasteiger partial charge in [-0.1, -0.05) is 23.7 Å². The smallest absolute Gasteiger partial charge is 0.258 e. The first kappa shape index (κ1) is 12.2. The second-order valence-corrected chi connectivity index (χ2v) is 3.65. The summed E-state index contributed by atoms with van der Waals surface area (Å²) in [5.41, 5.74) is 1.17. The maximum Gasteiger partial charge on any atom is 0.278 e. The fraction of sp³-hybridized carbons (Fsp3) is 0.182. The summed E-state index contributed by atoms with van der Waals surface area (Å²) in [6.07, 6.45) is 0. The van der Waals surface area contributed by atoms with Gasteiger partial charge in [0, 0.05) is 11.6 Å². The van der Waals surface area contributed by atoms with Gasteiger partial charge in [-0.3, -0.25) is 10.1 Å². The maximum absolute atomic E-state index is 10.8. The number of hydrogen-bond acceptors (Lipinski definition) is 3. The lowest BCUT2D eigenvalue weighted by atomic mass is 10.0. The Morgan fingerprint density at radius 2 is 2.19 bits per heavy atom. The molecule has 0 unspecified atom stereocenters. The van der Waals surface area contributed by atoms with Crippen molar-refractivity contribution >= 4 is 22.3 Å². The van der Waals surface area contributed by atoms with Crippen molar-refractivity contribution in [3.05, 3.63) is 45.0 Å². The first-order valence-corrected chi connectivity index (χ1v) is 4.87. The van der Waals surface area contributed by atoms with Crippen LogP contribution < -0.4 is 0 Å². The average Bonchev–Trinajstić information content (AvgIpc) is 2.26. The molecule has 0 radical (unpaired) electrons. The Balaban J connectivity index is 3.56. The zero-order valence-corrected chi connectivity index (χ0v) is 9.58. The lowest BCUT2D eigenvalue weighted by molar-refractivity contribution is -0.385. The number of rotatable bonds is 2. The number of halogens is 1. The number of allylic oxidation sites excluding steroid dienone is 1. The van der Waals surface area contributed by atoms with Gasteiger partial charge in [0.15, 0.2) is 0 Å². The number of aryl methyl sites for hydroxylation is 1. The zero-order chi connectivity index (χ0) is 12.3. The highest BCUT2D eigenvalue weighted by molar-refractivity contribution is 6.50. The number of nitrogens with zero attached hydrogens (tertiary/aromatic N) is 2. The van der Waals surface area contributed by atoms with Gasteiger partial charge in [0.2, 0.25) is 0 Å². The summed E-state index contributed by atoms with van der Waals surface area (Å²) in [5.74, 6) is 0. The van der Waals surface area contributed by atoms with Gasteiger partial charge < -0.3 is 0 Å².